The summed E-state index contributed by atoms with van der Waals surface area (Å²) in [7, 11) is 1.40. The molecule has 9 nitrogen and oxygen atoms in total. The second-order valence-corrected chi connectivity index (χ2v) is 6.27. The quantitative estimate of drug-likeness (QED) is 0.456. The van der Waals surface area contributed by atoms with Gasteiger partial charge in [0.25, 0.3) is 11.6 Å². The molecule has 0 aliphatic heterocycles. The molecule has 28 heavy (non-hydrogen) atoms. The van der Waals surface area contributed by atoms with Crippen molar-refractivity contribution in [3.8, 4) is 11.5 Å². The van der Waals surface area contributed by atoms with Crippen LogP contribution in [0.25, 0.3) is 0 Å². The molecule has 0 saturated heterocycles. The first-order valence-electron chi connectivity index (χ1n) is 8.13. The lowest BCUT2D eigenvalue weighted by Crippen LogP contribution is -2.24. The topological polar surface area (TPSA) is 116 Å². The predicted octanol–water partition coefficient (Wildman–Crippen LogP) is 2.96. The number of hydrogen-bond acceptors (Lipinski definition) is 8. The largest absolute Gasteiger partial charge is 0.493 e. The highest BCUT2D eigenvalue weighted by atomic mass is 32.1. The summed E-state index contributed by atoms with van der Waals surface area (Å²) in [5.74, 6) is -0.242. The second-order valence-electron chi connectivity index (χ2n) is 5.55. The number of ether oxygens (including phenoxy) is 2. The number of nitro groups is 1. The third-order valence-electron chi connectivity index (χ3n) is 3.74. The molecule has 0 spiro atoms. The lowest BCUT2D eigenvalue weighted by Gasteiger charge is -2.12. The van der Waals surface area contributed by atoms with Crippen LogP contribution < -0.4 is 14.8 Å². The van der Waals surface area contributed by atoms with Crippen molar-refractivity contribution in [3.05, 3.63) is 74.5 Å². The SMILES string of the molecule is COc1cc(C(=O)NCc2ccccn2)c([N+](=O)[O-])cc1OCc1cscn1. The highest BCUT2D eigenvalue weighted by Gasteiger charge is 2.25. The average molecular weight is 400 g/mol. The Morgan fingerprint density at radius 2 is 2.11 bits per heavy atom. The summed E-state index contributed by atoms with van der Waals surface area (Å²) in [5, 5.41) is 15.9. The number of methoxy groups -OCH3 is 1. The molecule has 0 aliphatic rings. The maximum Gasteiger partial charge on any atom is 0.286 e. The van der Waals surface area contributed by atoms with Crippen molar-refractivity contribution in [1.82, 2.24) is 15.3 Å². The van der Waals surface area contributed by atoms with Crippen LogP contribution in [-0.4, -0.2) is 27.9 Å². The molecule has 0 saturated carbocycles. The molecule has 0 radical (unpaired) electrons. The molecule has 144 valence electrons. The van der Waals surface area contributed by atoms with E-state index >= 15 is 0 Å². The van der Waals surface area contributed by atoms with E-state index in [1.54, 1.807) is 35.3 Å². The average Bonchev–Trinajstić information content (AvgIpc) is 3.24. The number of amides is 1. The molecule has 3 aromatic rings. The predicted molar refractivity (Wildman–Crippen MR) is 102 cm³/mol. The van der Waals surface area contributed by atoms with Gasteiger partial charge in [-0.25, -0.2) is 4.98 Å². The van der Waals surface area contributed by atoms with E-state index in [0.29, 0.717) is 11.4 Å². The number of thiazole rings is 1. The standard InChI is InChI=1S/C18H16N4O5S/c1-26-16-6-14(18(23)20-8-12-4-2-3-5-19-12)15(22(24)25)7-17(16)27-9-13-10-28-11-21-13/h2-7,10-11H,8-9H2,1H3,(H,20,23). The molecular weight excluding hydrogens is 384 g/mol. The Balaban J connectivity index is 1.83. The fraction of sp³-hybridized carbons (Fsp3) is 0.167. The van der Waals surface area contributed by atoms with Crippen LogP contribution in [0.2, 0.25) is 0 Å². The fourth-order valence-corrected chi connectivity index (χ4v) is 2.93. The van der Waals surface area contributed by atoms with Crippen molar-refractivity contribution in [1.29, 1.82) is 0 Å². The minimum absolute atomic E-state index is 0.126. The number of rotatable bonds is 8. The van der Waals surface area contributed by atoms with E-state index in [4.69, 9.17) is 9.47 Å². The Bertz CT molecular complexity index is 964. The minimum atomic E-state index is -0.634. The van der Waals surface area contributed by atoms with E-state index in [9.17, 15) is 14.9 Å². The fourth-order valence-electron chi connectivity index (χ4n) is 2.38. The summed E-state index contributed by atoms with van der Waals surface area (Å²) in [5.41, 5.74) is 2.47. The van der Waals surface area contributed by atoms with Crippen molar-refractivity contribution in [3.63, 3.8) is 0 Å². The molecule has 0 bridgehead atoms. The normalized spacial score (nSPS) is 10.3. The second kappa shape index (κ2) is 8.91. The van der Waals surface area contributed by atoms with Gasteiger partial charge in [-0.2, -0.15) is 0 Å². The van der Waals surface area contributed by atoms with Crippen LogP contribution in [0.3, 0.4) is 0 Å². The summed E-state index contributed by atoms with van der Waals surface area (Å²) in [4.78, 5) is 31.6. The molecule has 3 rings (SSSR count). The van der Waals surface area contributed by atoms with Gasteiger partial charge >= 0.3 is 0 Å². The lowest BCUT2D eigenvalue weighted by atomic mass is 10.1. The zero-order chi connectivity index (χ0) is 19.9. The van der Waals surface area contributed by atoms with Gasteiger partial charge in [0.2, 0.25) is 0 Å². The Hall–Kier alpha value is -3.53. The van der Waals surface area contributed by atoms with E-state index in [0.717, 1.165) is 0 Å². The highest BCUT2D eigenvalue weighted by molar-refractivity contribution is 7.07. The number of carbonyl (C=O) groups excluding carboxylic acids is 1. The number of hydrogen-bond donors (Lipinski definition) is 1. The van der Waals surface area contributed by atoms with E-state index in [2.05, 4.69) is 15.3 Å². The van der Waals surface area contributed by atoms with Gasteiger partial charge in [-0.15, -0.1) is 11.3 Å². The molecular formula is C18H16N4O5S. The van der Waals surface area contributed by atoms with Gasteiger partial charge in [0, 0.05) is 17.6 Å². The lowest BCUT2D eigenvalue weighted by molar-refractivity contribution is -0.385. The third kappa shape index (κ3) is 4.60. The van der Waals surface area contributed by atoms with Gasteiger partial charge < -0.3 is 14.8 Å². The summed E-state index contributed by atoms with van der Waals surface area (Å²) < 4.78 is 10.8. The zero-order valence-electron chi connectivity index (χ0n) is 14.8. The van der Waals surface area contributed by atoms with Crippen LogP contribution in [-0.2, 0) is 13.2 Å². The molecule has 2 heterocycles. The van der Waals surface area contributed by atoms with Crippen LogP contribution in [0.4, 0.5) is 5.69 Å². The van der Waals surface area contributed by atoms with Crippen LogP contribution in [0, 0.1) is 10.1 Å². The van der Waals surface area contributed by atoms with Gasteiger partial charge in [0.05, 0.1) is 41.5 Å². The molecule has 1 N–H and O–H groups in total. The highest BCUT2D eigenvalue weighted by Crippen LogP contribution is 2.35. The number of benzene rings is 1. The van der Waals surface area contributed by atoms with E-state index in [-0.39, 0.29) is 35.9 Å². The third-order valence-corrected chi connectivity index (χ3v) is 4.37. The Morgan fingerprint density at radius 3 is 2.75 bits per heavy atom. The van der Waals surface area contributed by atoms with Gasteiger partial charge in [0.1, 0.15) is 12.2 Å². The molecule has 0 fully saturated rings. The Labute approximate surface area is 164 Å². The Morgan fingerprint density at radius 1 is 1.25 bits per heavy atom. The number of nitrogens with one attached hydrogen (secondary N) is 1. The molecule has 10 heteroatoms. The van der Waals surface area contributed by atoms with E-state index in [1.807, 2.05) is 0 Å². The molecule has 0 aliphatic carbocycles. The van der Waals surface area contributed by atoms with E-state index < -0.39 is 10.8 Å². The van der Waals surface area contributed by atoms with Crippen LogP contribution in [0.5, 0.6) is 11.5 Å². The van der Waals surface area contributed by atoms with Crippen molar-refractivity contribution in [2.24, 2.45) is 0 Å². The minimum Gasteiger partial charge on any atom is -0.493 e. The molecule has 1 aromatic carbocycles. The summed E-state index contributed by atoms with van der Waals surface area (Å²) in [6.07, 6.45) is 1.60. The van der Waals surface area contributed by atoms with Gasteiger partial charge in [-0.1, -0.05) is 6.07 Å². The summed E-state index contributed by atoms with van der Waals surface area (Å²) >= 11 is 1.41. The van der Waals surface area contributed by atoms with Crippen molar-refractivity contribution in [2.75, 3.05) is 7.11 Å². The monoisotopic (exact) mass is 400 g/mol. The molecule has 0 atom stereocenters. The first-order chi connectivity index (χ1) is 13.6. The van der Waals surface area contributed by atoms with Gasteiger partial charge in [0.15, 0.2) is 11.5 Å². The summed E-state index contributed by atoms with van der Waals surface area (Å²) in [6.45, 7) is 0.267. The molecule has 0 unspecified atom stereocenters. The van der Waals surface area contributed by atoms with Crippen molar-refractivity contribution >= 4 is 22.9 Å². The van der Waals surface area contributed by atoms with Crippen LogP contribution >= 0.6 is 11.3 Å². The number of carbonyl (C=O) groups is 1. The van der Waals surface area contributed by atoms with Crippen molar-refractivity contribution < 1.29 is 19.2 Å². The zero-order valence-corrected chi connectivity index (χ0v) is 15.6. The van der Waals surface area contributed by atoms with Crippen LogP contribution in [0.1, 0.15) is 21.7 Å². The first kappa shape index (κ1) is 19.2. The Kier molecular flexibility index (Phi) is 6.12. The molecule has 2 aromatic heterocycles. The maximum absolute atomic E-state index is 12.5. The van der Waals surface area contributed by atoms with Crippen LogP contribution in [0.15, 0.2) is 47.4 Å². The summed E-state index contributed by atoms with van der Waals surface area (Å²) in [6, 6.07) is 7.76. The number of nitro benzene ring substituents is 1. The number of aromatic nitrogens is 2. The van der Waals surface area contributed by atoms with E-state index in [1.165, 1.54) is 30.6 Å². The maximum atomic E-state index is 12.5. The smallest absolute Gasteiger partial charge is 0.286 e. The van der Waals surface area contributed by atoms with Crippen molar-refractivity contribution in [2.45, 2.75) is 13.2 Å². The van der Waals surface area contributed by atoms with Gasteiger partial charge in [-0.05, 0) is 12.1 Å². The number of nitrogens with zero attached hydrogens (tertiary/aromatic N) is 3. The first-order valence-corrected chi connectivity index (χ1v) is 9.07. The van der Waals surface area contributed by atoms with Gasteiger partial charge in [-0.3, -0.25) is 19.9 Å². The molecule has 1 amide bonds. The number of pyridine rings is 1.